The van der Waals surface area contributed by atoms with Crippen LogP contribution in [0.3, 0.4) is 0 Å². The summed E-state index contributed by atoms with van der Waals surface area (Å²) in [5.41, 5.74) is 3.03. The number of likely N-dealkylation sites (tertiary alicyclic amines) is 1. The lowest BCUT2D eigenvalue weighted by Gasteiger charge is -2.15. The van der Waals surface area contributed by atoms with Gasteiger partial charge in [0.05, 0.1) is 4.90 Å². The van der Waals surface area contributed by atoms with Crippen LogP contribution < -0.4 is 4.72 Å². The van der Waals surface area contributed by atoms with Gasteiger partial charge in [-0.15, -0.1) is 0 Å². The fraction of sp³-hybridized carbons (Fsp3) is 0.455. The van der Waals surface area contributed by atoms with E-state index in [-0.39, 0.29) is 0 Å². The van der Waals surface area contributed by atoms with Gasteiger partial charge in [0.1, 0.15) is 0 Å². The Bertz CT molecular complexity index is 843. The van der Waals surface area contributed by atoms with Crippen molar-refractivity contribution in [2.24, 2.45) is 0 Å². The fourth-order valence-electron chi connectivity index (χ4n) is 3.69. The summed E-state index contributed by atoms with van der Waals surface area (Å²) in [4.78, 5) is 2.80. The first-order valence-corrected chi connectivity index (χ1v) is 11.3. The van der Waals surface area contributed by atoms with Crippen molar-refractivity contribution in [3.05, 3.63) is 59.7 Å². The highest BCUT2D eigenvalue weighted by atomic mass is 32.2. The third kappa shape index (κ3) is 4.90. The van der Waals surface area contributed by atoms with Crippen LogP contribution in [0.2, 0.25) is 0 Å². The lowest BCUT2D eigenvalue weighted by Crippen LogP contribution is -2.20. The molecule has 1 N–H and O–H groups in total. The third-order valence-electron chi connectivity index (χ3n) is 5.30. The molecule has 0 radical (unpaired) electrons. The molecule has 1 aliphatic heterocycles. The highest BCUT2D eigenvalue weighted by Crippen LogP contribution is 2.28. The average molecular weight is 387 g/mol. The summed E-state index contributed by atoms with van der Waals surface area (Å²) in [6, 6.07) is 15.0. The predicted molar refractivity (Wildman–Crippen MR) is 112 cm³/mol. The van der Waals surface area contributed by atoms with E-state index < -0.39 is 10.0 Å². The number of nitrogens with zero attached hydrogens (tertiary/aromatic N) is 1. The largest absolute Gasteiger partial charge is 0.303 e. The zero-order chi connectivity index (χ0) is 19.4. The van der Waals surface area contributed by atoms with Gasteiger partial charge >= 0.3 is 0 Å². The van der Waals surface area contributed by atoms with Crippen LogP contribution in [0.15, 0.2) is 53.4 Å². The summed E-state index contributed by atoms with van der Waals surface area (Å²) in [6.07, 6.45) is 2.36. The molecule has 27 heavy (non-hydrogen) atoms. The van der Waals surface area contributed by atoms with Crippen molar-refractivity contribution < 1.29 is 8.42 Å². The molecule has 0 aromatic heterocycles. The summed E-state index contributed by atoms with van der Waals surface area (Å²) in [7, 11) is -3.56. The van der Waals surface area contributed by atoms with Gasteiger partial charge in [-0.25, -0.2) is 8.42 Å². The molecular formula is C22H30N2O2S. The number of hydrogen-bond acceptors (Lipinski definition) is 3. The minimum absolute atomic E-state index is 0.293. The molecule has 146 valence electrons. The van der Waals surface area contributed by atoms with Crippen molar-refractivity contribution in [1.29, 1.82) is 0 Å². The standard InChI is InChI=1S/C22H30N2O2S/c1-4-14-24-15-13-20(16-24)19-5-9-21(10-6-19)23-27(25,26)22-11-7-18(8-12-22)17(2)3/h5-12,17,20,23H,4,13-16H2,1-3H3/t20-/m1/s1. The molecule has 2 aromatic carbocycles. The summed E-state index contributed by atoms with van der Waals surface area (Å²) >= 11 is 0. The lowest BCUT2D eigenvalue weighted by molar-refractivity contribution is 0.335. The predicted octanol–water partition coefficient (Wildman–Crippen LogP) is 4.81. The molecular weight excluding hydrogens is 356 g/mol. The van der Waals surface area contributed by atoms with E-state index in [0.717, 1.165) is 25.2 Å². The van der Waals surface area contributed by atoms with Crippen LogP contribution in [-0.2, 0) is 10.0 Å². The molecule has 0 spiro atoms. The van der Waals surface area contributed by atoms with Crippen molar-refractivity contribution in [1.82, 2.24) is 4.90 Å². The van der Waals surface area contributed by atoms with Crippen LogP contribution >= 0.6 is 0 Å². The molecule has 5 heteroatoms. The molecule has 0 bridgehead atoms. The summed E-state index contributed by atoms with van der Waals surface area (Å²) in [5.74, 6) is 0.928. The normalized spacial score (nSPS) is 18.1. The van der Waals surface area contributed by atoms with E-state index in [0.29, 0.717) is 22.4 Å². The zero-order valence-electron chi connectivity index (χ0n) is 16.5. The number of hydrogen-bond donors (Lipinski definition) is 1. The number of benzene rings is 2. The molecule has 1 atom stereocenters. The second-order valence-electron chi connectivity index (χ2n) is 7.74. The maximum absolute atomic E-state index is 12.6. The molecule has 2 aromatic rings. The number of sulfonamides is 1. The average Bonchev–Trinajstić information content (AvgIpc) is 3.11. The Labute approximate surface area is 163 Å². The lowest BCUT2D eigenvalue weighted by atomic mass is 9.98. The second kappa shape index (κ2) is 8.44. The number of rotatable bonds is 7. The molecule has 0 saturated carbocycles. The third-order valence-corrected chi connectivity index (χ3v) is 6.70. The van der Waals surface area contributed by atoms with Crippen LogP contribution in [0, 0.1) is 0 Å². The molecule has 0 aliphatic carbocycles. The summed E-state index contributed by atoms with van der Waals surface area (Å²) in [5, 5.41) is 0. The zero-order valence-corrected chi connectivity index (χ0v) is 17.3. The summed E-state index contributed by atoms with van der Waals surface area (Å²) < 4.78 is 27.9. The van der Waals surface area contributed by atoms with Crippen molar-refractivity contribution in [3.8, 4) is 0 Å². The maximum Gasteiger partial charge on any atom is 0.261 e. The first-order chi connectivity index (χ1) is 12.9. The maximum atomic E-state index is 12.6. The first-order valence-electron chi connectivity index (χ1n) is 9.84. The van der Waals surface area contributed by atoms with Gasteiger partial charge in [0.15, 0.2) is 0 Å². The van der Waals surface area contributed by atoms with Gasteiger partial charge in [-0.1, -0.05) is 45.0 Å². The van der Waals surface area contributed by atoms with E-state index in [1.807, 2.05) is 24.3 Å². The van der Waals surface area contributed by atoms with Gasteiger partial charge in [0.25, 0.3) is 10.0 Å². The second-order valence-corrected chi connectivity index (χ2v) is 9.42. The first kappa shape index (κ1) is 19.9. The molecule has 1 aliphatic rings. The Morgan fingerprint density at radius 3 is 2.33 bits per heavy atom. The number of anilines is 1. The van der Waals surface area contributed by atoms with E-state index >= 15 is 0 Å². The van der Waals surface area contributed by atoms with E-state index in [2.05, 4.69) is 42.5 Å². The molecule has 0 unspecified atom stereocenters. The molecule has 4 nitrogen and oxygen atoms in total. The highest BCUT2D eigenvalue weighted by molar-refractivity contribution is 7.92. The smallest absolute Gasteiger partial charge is 0.261 e. The Morgan fingerprint density at radius 2 is 1.74 bits per heavy atom. The Morgan fingerprint density at radius 1 is 1.07 bits per heavy atom. The summed E-state index contributed by atoms with van der Waals surface area (Å²) in [6.45, 7) is 9.80. The molecule has 3 rings (SSSR count). The van der Waals surface area contributed by atoms with Crippen LogP contribution in [0.1, 0.15) is 56.6 Å². The Hall–Kier alpha value is -1.85. The SMILES string of the molecule is CCCN1CC[C@@H](c2ccc(NS(=O)(=O)c3ccc(C(C)C)cc3)cc2)C1. The fourth-order valence-corrected chi connectivity index (χ4v) is 4.75. The quantitative estimate of drug-likeness (QED) is 0.743. The van der Waals surface area contributed by atoms with Gasteiger partial charge in [0, 0.05) is 12.2 Å². The van der Waals surface area contributed by atoms with Crippen molar-refractivity contribution in [2.75, 3.05) is 24.4 Å². The highest BCUT2D eigenvalue weighted by Gasteiger charge is 2.23. The molecule has 1 fully saturated rings. The molecule has 1 saturated heterocycles. The van der Waals surface area contributed by atoms with Crippen LogP contribution in [-0.4, -0.2) is 33.0 Å². The van der Waals surface area contributed by atoms with Gasteiger partial charge in [-0.2, -0.15) is 0 Å². The minimum atomic E-state index is -3.56. The van der Waals surface area contributed by atoms with Crippen molar-refractivity contribution in [3.63, 3.8) is 0 Å². The van der Waals surface area contributed by atoms with Crippen LogP contribution in [0.4, 0.5) is 5.69 Å². The van der Waals surface area contributed by atoms with Crippen LogP contribution in [0.5, 0.6) is 0 Å². The van der Waals surface area contributed by atoms with Crippen molar-refractivity contribution in [2.45, 2.75) is 50.3 Å². The van der Waals surface area contributed by atoms with Gasteiger partial charge in [-0.3, -0.25) is 4.72 Å². The van der Waals surface area contributed by atoms with E-state index in [4.69, 9.17) is 0 Å². The van der Waals surface area contributed by atoms with Gasteiger partial charge in [-0.05, 0) is 73.2 Å². The minimum Gasteiger partial charge on any atom is -0.303 e. The van der Waals surface area contributed by atoms with E-state index in [9.17, 15) is 8.42 Å². The number of nitrogens with one attached hydrogen (secondary N) is 1. The Balaban J connectivity index is 1.67. The van der Waals surface area contributed by atoms with Crippen LogP contribution in [0.25, 0.3) is 0 Å². The topological polar surface area (TPSA) is 49.4 Å². The molecule has 1 heterocycles. The van der Waals surface area contributed by atoms with Gasteiger partial charge < -0.3 is 4.90 Å². The monoisotopic (exact) mass is 386 g/mol. The van der Waals surface area contributed by atoms with E-state index in [1.165, 1.54) is 18.4 Å². The Kier molecular flexibility index (Phi) is 6.22. The van der Waals surface area contributed by atoms with E-state index in [1.54, 1.807) is 12.1 Å². The van der Waals surface area contributed by atoms with Crippen molar-refractivity contribution >= 4 is 15.7 Å². The van der Waals surface area contributed by atoms with Gasteiger partial charge in [0.2, 0.25) is 0 Å². The molecule has 0 amide bonds.